The highest BCUT2D eigenvalue weighted by Crippen LogP contribution is 2.32. The molecule has 11 heteroatoms. The van der Waals surface area contributed by atoms with Crippen molar-refractivity contribution in [3.8, 4) is 5.75 Å². The molecule has 0 unspecified atom stereocenters. The molecule has 0 aliphatic heterocycles. The summed E-state index contributed by atoms with van der Waals surface area (Å²) in [5, 5.41) is 4.83. The minimum atomic E-state index is -3.87. The van der Waals surface area contributed by atoms with Crippen molar-refractivity contribution >= 4 is 41.7 Å². The molecule has 0 amide bonds. The fraction of sp³-hybridized carbons (Fsp3) is 0.400. The predicted octanol–water partition coefficient (Wildman–Crippen LogP) is -0.00320. The fourth-order valence-corrected chi connectivity index (χ4v) is 3.60. The summed E-state index contributed by atoms with van der Waals surface area (Å²) in [6.45, 7) is -0.0715. The first kappa shape index (κ1) is 18.2. The lowest BCUT2D eigenvalue weighted by atomic mass is 10.3. The lowest BCUT2D eigenvalue weighted by Crippen LogP contribution is -2.28. The maximum absolute atomic E-state index is 12.2. The number of methoxy groups -OCH3 is 1. The summed E-state index contributed by atoms with van der Waals surface area (Å²) in [6, 6.07) is 2.69. The van der Waals surface area contributed by atoms with Gasteiger partial charge in [-0.3, -0.25) is 0 Å². The van der Waals surface area contributed by atoms with E-state index >= 15 is 0 Å². The molecule has 0 saturated heterocycles. The molecule has 0 bridgehead atoms. The van der Waals surface area contributed by atoms with Crippen molar-refractivity contribution in [3.05, 3.63) is 16.6 Å². The first-order valence-corrected chi connectivity index (χ1v) is 9.69. The van der Waals surface area contributed by atoms with Crippen LogP contribution < -0.4 is 20.3 Å². The van der Waals surface area contributed by atoms with Gasteiger partial charge in [0.05, 0.1) is 12.9 Å². The molecule has 1 aromatic rings. The van der Waals surface area contributed by atoms with Crippen molar-refractivity contribution < 1.29 is 21.6 Å². The van der Waals surface area contributed by atoms with E-state index in [1.54, 1.807) is 0 Å². The van der Waals surface area contributed by atoms with Crippen LogP contribution in [0.5, 0.6) is 5.75 Å². The van der Waals surface area contributed by atoms with Crippen LogP contribution in [-0.4, -0.2) is 36.2 Å². The number of primary sulfonamides is 1. The Morgan fingerprint density at radius 1 is 1.29 bits per heavy atom. The second-order valence-electron chi connectivity index (χ2n) is 4.14. The van der Waals surface area contributed by atoms with E-state index in [1.165, 1.54) is 19.2 Å². The molecule has 0 fully saturated rings. The SMILES string of the molecule is COc1cc(Br)c(N)cc1S(=O)(=O)NCCCS(N)(=O)=O. The van der Waals surface area contributed by atoms with E-state index in [0.29, 0.717) is 4.47 Å². The molecule has 0 aromatic heterocycles. The number of nitrogens with one attached hydrogen (secondary N) is 1. The number of halogens is 1. The summed E-state index contributed by atoms with van der Waals surface area (Å²) in [4.78, 5) is -0.124. The minimum absolute atomic E-state index is 0.0619. The lowest BCUT2D eigenvalue weighted by Gasteiger charge is -2.12. The van der Waals surface area contributed by atoms with E-state index in [9.17, 15) is 16.8 Å². The lowest BCUT2D eigenvalue weighted by molar-refractivity contribution is 0.402. The van der Waals surface area contributed by atoms with Gasteiger partial charge >= 0.3 is 0 Å². The van der Waals surface area contributed by atoms with Crippen LogP contribution in [0.15, 0.2) is 21.5 Å². The van der Waals surface area contributed by atoms with E-state index in [0.717, 1.165) is 0 Å². The Balaban J connectivity index is 2.90. The van der Waals surface area contributed by atoms with Crippen LogP contribution in [0.1, 0.15) is 6.42 Å². The summed E-state index contributed by atoms with van der Waals surface area (Å²) >= 11 is 3.17. The van der Waals surface area contributed by atoms with Gasteiger partial charge in [0.15, 0.2) is 0 Å². The van der Waals surface area contributed by atoms with Crippen molar-refractivity contribution in [3.63, 3.8) is 0 Å². The van der Waals surface area contributed by atoms with Gasteiger partial charge in [-0.1, -0.05) is 0 Å². The zero-order valence-corrected chi connectivity index (χ0v) is 14.4. The Morgan fingerprint density at radius 3 is 2.43 bits per heavy atom. The van der Waals surface area contributed by atoms with Crippen molar-refractivity contribution in [1.82, 2.24) is 4.72 Å². The Labute approximate surface area is 132 Å². The van der Waals surface area contributed by atoms with Crippen LogP contribution in [0.3, 0.4) is 0 Å². The number of hydrogen-bond acceptors (Lipinski definition) is 6. The molecule has 120 valence electrons. The number of hydrogen-bond donors (Lipinski definition) is 3. The molecule has 0 spiro atoms. The Bertz CT molecular complexity index is 718. The first-order chi connectivity index (χ1) is 9.57. The summed E-state index contributed by atoms with van der Waals surface area (Å²) in [5.41, 5.74) is 5.90. The van der Waals surface area contributed by atoms with Gasteiger partial charge in [-0.25, -0.2) is 26.7 Å². The number of sulfonamides is 2. The van der Waals surface area contributed by atoms with Gasteiger partial charge < -0.3 is 10.5 Å². The molecule has 1 rings (SSSR count). The molecule has 0 aliphatic carbocycles. The Morgan fingerprint density at radius 2 is 1.90 bits per heavy atom. The minimum Gasteiger partial charge on any atom is -0.495 e. The number of rotatable bonds is 7. The highest BCUT2D eigenvalue weighted by molar-refractivity contribution is 9.10. The van der Waals surface area contributed by atoms with Crippen LogP contribution in [-0.2, 0) is 20.0 Å². The fourth-order valence-electron chi connectivity index (χ4n) is 1.48. The van der Waals surface area contributed by atoms with Gasteiger partial charge in [0.1, 0.15) is 10.6 Å². The summed E-state index contributed by atoms with van der Waals surface area (Å²) in [6.07, 6.45) is 0.0619. The van der Waals surface area contributed by atoms with E-state index < -0.39 is 20.0 Å². The van der Waals surface area contributed by atoms with E-state index in [-0.39, 0.29) is 35.1 Å². The molecule has 0 saturated carbocycles. The van der Waals surface area contributed by atoms with Crippen molar-refractivity contribution in [2.45, 2.75) is 11.3 Å². The average molecular weight is 402 g/mol. The molecule has 1 aromatic carbocycles. The molecule has 8 nitrogen and oxygen atoms in total. The monoisotopic (exact) mass is 401 g/mol. The summed E-state index contributed by atoms with van der Waals surface area (Å²) in [5.74, 6) is -0.190. The van der Waals surface area contributed by atoms with E-state index in [2.05, 4.69) is 20.7 Å². The van der Waals surface area contributed by atoms with E-state index in [1.807, 2.05) is 0 Å². The van der Waals surface area contributed by atoms with Crippen molar-refractivity contribution in [2.75, 3.05) is 25.1 Å². The zero-order valence-electron chi connectivity index (χ0n) is 11.2. The molecular weight excluding hydrogens is 386 g/mol. The largest absolute Gasteiger partial charge is 0.495 e. The third-order valence-electron chi connectivity index (χ3n) is 2.47. The molecule has 0 aliphatic rings. The van der Waals surface area contributed by atoms with Gasteiger partial charge in [-0.05, 0) is 34.5 Å². The maximum atomic E-state index is 12.2. The Kier molecular flexibility index (Phi) is 5.99. The average Bonchev–Trinajstić information content (AvgIpc) is 2.36. The van der Waals surface area contributed by atoms with Crippen LogP contribution in [0.25, 0.3) is 0 Å². The maximum Gasteiger partial charge on any atom is 0.244 e. The molecule has 0 heterocycles. The number of nitrogens with two attached hydrogens (primary N) is 2. The number of benzene rings is 1. The molecular formula is C10H16BrN3O5S2. The highest BCUT2D eigenvalue weighted by atomic mass is 79.9. The van der Waals surface area contributed by atoms with E-state index in [4.69, 9.17) is 15.6 Å². The molecule has 0 atom stereocenters. The molecule has 5 N–H and O–H groups in total. The Hall–Kier alpha value is -0.880. The molecule has 21 heavy (non-hydrogen) atoms. The van der Waals surface area contributed by atoms with Gasteiger partial charge in [0.25, 0.3) is 0 Å². The van der Waals surface area contributed by atoms with Crippen LogP contribution in [0, 0.1) is 0 Å². The molecule has 0 radical (unpaired) electrons. The van der Waals surface area contributed by atoms with Gasteiger partial charge in [-0.2, -0.15) is 0 Å². The van der Waals surface area contributed by atoms with Crippen molar-refractivity contribution in [1.29, 1.82) is 0 Å². The normalized spacial score (nSPS) is 12.3. The predicted molar refractivity (Wildman–Crippen MR) is 82.9 cm³/mol. The van der Waals surface area contributed by atoms with Crippen LogP contribution in [0.2, 0.25) is 0 Å². The third-order valence-corrected chi connectivity index (χ3v) is 5.50. The summed E-state index contributed by atoms with van der Waals surface area (Å²) < 4.78 is 53.6. The topological polar surface area (TPSA) is 142 Å². The first-order valence-electron chi connectivity index (χ1n) is 5.70. The summed E-state index contributed by atoms with van der Waals surface area (Å²) in [7, 11) is -6.16. The number of nitrogen functional groups attached to an aromatic ring is 1. The third kappa shape index (κ3) is 5.43. The second kappa shape index (κ2) is 6.92. The highest BCUT2D eigenvalue weighted by Gasteiger charge is 2.21. The van der Waals surface area contributed by atoms with Gasteiger partial charge in [0.2, 0.25) is 20.0 Å². The zero-order chi connectivity index (χ0) is 16.3. The smallest absolute Gasteiger partial charge is 0.244 e. The van der Waals surface area contributed by atoms with Gasteiger partial charge in [0, 0.05) is 16.7 Å². The second-order valence-corrected chi connectivity index (χ2v) is 8.47. The number of anilines is 1. The van der Waals surface area contributed by atoms with Gasteiger partial charge in [-0.15, -0.1) is 0 Å². The van der Waals surface area contributed by atoms with Crippen LogP contribution in [0.4, 0.5) is 5.69 Å². The standard InChI is InChI=1S/C10H16BrN3O5S2/c1-19-9-5-7(11)8(12)6-10(9)21(17,18)14-3-2-4-20(13,15)16/h5-6,14H,2-4,12H2,1H3,(H2,13,15,16). The van der Waals surface area contributed by atoms with Crippen LogP contribution >= 0.6 is 15.9 Å². The number of ether oxygens (including phenoxy) is 1. The van der Waals surface area contributed by atoms with Crippen molar-refractivity contribution in [2.24, 2.45) is 5.14 Å². The quantitative estimate of drug-likeness (QED) is 0.433.